The molecule has 130 valence electrons. The number of rotatable bonds is 5. The third-order valence-electron chi connectivity index (χ3n) is 5.12. The summed E-state index contributed by atoms with van der Waals surface area (Å²) in [6, 6.07) is 3.83. The van der Waals surface area contributed by atoms with E-state index in [1.807, 2.05) is 41.0 Å². The first-order valence-electron chi connectivity index (χ1n) is 9.01. The molecule has 0 spiro atoms. The number of aryl methyl sites for hydroxylation is 2. The predicted molar refractivity (Wildman–Crippen MR) is 95.0 cm³/mol. The fourth-order valence-electron chi connectivity index (χ4n) is 3.65. The van der Waals surface area contributed by atoms with E-state index in [1.54, 1.807) is 0 Å². The zero-order chi connectivity index (χ0) is 17.1. The number of hydrogen-bond acceptors (Lipinski definition) is 2. The van der Waals surface area contributed by atoms with E-state index < -0.39 is 0 Å². The Balaban J connectivity index is 1.58. The van der Waals surface area contributed by atoms with Crippen molar-refractivity contribution in [1.29, 1.82) is 0 Å². The first-order valence-corrected chi connectivity index (χ1v) is 9.01. The minimum absolute atomic E-state index is 0.157. The van der Waals surface area contributed by atoms with E-state index in [0.717, 1.165) is 51.0 Å². The zero-order valence-electron chi connectivity index (χ0n) is 15.0. The van der Waals surface area contributed by atoms with Crippen LogP contribution in [-0.2, 0) is 20.0 Å². The molecule has 1 saturated heterocycles. The molecule has 1 aliphatic heterocycles. The van der Waals surface area contributed by atoms with Gasteiger partial charge >= 0.3 is 0 Å². The molecule has 2 aromatic rings. The monoisotopic (exact) mass is 328 g/mol. The fraction of sp³-hybridized carbons (Fsp3) is 0.579. The van der Waals surface area contributed by atoms with Crippen LogP contribution >= 0.6 is 0 Å². The molecule has 1 aliphatic rings. The normalized spacial score (nSPS) is 15.9. The third kappa shape index (κ3) is 3.40. The second-order valence-corrected chi connectivity index (χ2v) is 6.91. The lowest BCUT2D eigenvalue weighted by atomic mass is 9.93. The molecule has 0 N–H and O–H groups in total. The second kappa shape index (κ2) is 7.24. The molecule has 0 saturated carbocycles. The van der Waals surface area contributed by atoms with Crippen LogP contribution in [0.15, 0.2) is 24.5 Å². The van der Waals surface area contributed by atoms with Gasteiger partial charge in [-0.3, -0.25) is 4.79 Å². The van der Waals surface area contributed by atoms with E-state index in [0.29, 0.717) is 5.92 Å². The lowest BCUT2D eigenvalue weighted by molar-refractivity contribution is 0.0680. The maximum absolute atomic E-state index is 12.6. The number of piperidine rings is 1. The highest BCUT2D eigenvalue weighted by atomic mass is 16.2. The maximum atomic E-state index is 12.6. The quantitative estimate of drug-likeness (QED) is 0.847. The highest BCUT2D eigenvalue weighted by molar-refractivity contribution is 5.92. The van der Waals surface area contributed by atoms with E-state index in [4.69, 9.17) is 0 Å². The van der Waals surface area contributed by atoms with Crippen LogP contribution in [0.1, 0.15) is 48.2 Å². The Morgan fingerprint density at radius 1 is 1.33 bits per heavy atom. The Morgan fingerprint density at radius 3 is 2.71 bits per heavy atom. The van der Waals surface area contributed by atoms with Crippen LogP contribution in [0.3, 0.4) is 0 Å². The number of aromatic nitrogens is 3. The van der Waals surface area contributed by atoms with E-state index in [1.165, 1.54) is 11.5 Å². The molecule has 1 amide bonds. The highest BCUT2D eigenvalue weighted by Gasteiger charge is 2.25. The van der Waals surface area contributed by atoms with E-state index >= 15 is 0 Å². The minimum atomic E-state index is 0.157. The Kier molecular flexibility index (Phi) is 5.07. The van der Waals surface area contributed by atoms with Crippen molar-refractivity contribution in [2.24, 2.45) is 13.0 Å². The van der Waals surface area contributed by atoms with Gasteiger partial charge in [0.2, 0.25) is 0 Å². The Bertz CT molecular complexity index is 692. The molecule has 0 atom stereocenters. The van der Waals surface area contributed by atoms with Gasteiger partial charge in [-0.2, -0.15) is 0 Å². The molecule has 24 heavy (non-hydrogen) atoms. The van der Waals surface area contributed by atoms with Gasteiger partial charge in [0.15, 0.2) is 0 Å². The summed E-state index contributed by atoms with van der Waals surface area (Å²) in [6.07, 6.45) is 8.20. The number of carbonyl (C=O) groups is 1. The van der Waals surface area contributed by atoms with Crippen molar-refractivity contribution in [2.45, 2.75) is 46.1 Å². The molecule has 5 nitrogen and oxygen atoms in total. The summed E-state index contributed by atoms with van der Waals surface area (Å²) in [7, 11) is 1.93. The average Bonchev–Trinajstić information content (AvgIpc) is 3.16. The Labute approximate surface area is 144 Å². The van der Waals surface area contributed by atoms with E-state index in [2.05, 4.69) is 23.4 Å². The van der Waals surface area contributed by atoms with E-state index in [9.17, 15) is 4.79 Å². The standard InChI is InChI=1S/C19H28N4O/c1-4-9-23-15(2)14-20-18(23)13-16-7-11-22(12-8-16)19(24)17-6-5-10-21(17)3/h5-6,10,14,16H,4,7-9,11-13H2,1-3H3. The van der Waals surface area contributed by atoms with Gasteiger partial charge < -0.3 is 14.0 Å². The van der Waals surface area contributed by atoms with Crippen LogP contribution in [0.4, 0.5) is 0 Å². The molecule has 3 heterocycles. The summed E-state index contributed by atoms with van der Waals surface area (Å²) in [5.74, 6) is 1.99. The van der Waals surface area contributed by atoms with Crippen molar-refractivity contribution < 1.29 is 4.79 Å². The molecular formula is C19H28N4O. The second-order valence-electron chi connectivity index (χ2n) is 6.91. The first kappa shape index (κ1) is 16.8. The van der Waals surface area contributed by atoms with Crippen LogP contribution in [-0.4, -0.2) is 38.0 Å². The molecule has 0 unspecified atom stereocenters. The molecule has 3 rings (SSSR count). The molecule has 5 heteroatoms. The average molecular weight is 328 g/mol. The number of imidazole rings is 1. The smallest absolute Gasteiger partial charge is 0.270 e. The number of hydrogen-bond donors (Lipinski definition) is 0. The predicted octanol–water partition coefficient (Wildman–Crippen LogP) is 3.03. The van der Waals surface area contributed by atoms with Gasteiger partial charge in [-0.1, -0.05) is 6.92 Å². The van der Waals surface area contributed by atoms with Gasteiger partial charge in [-0.05, 0) is 44.2 Å². The maximum Gasteiger partial charge on any atom is 0.270 e. The lowest BCUT2D eigenvalue weighted by Gasteiger charge is -2.32. The molecule has 0 aromatic carbocycles. The number of carbonyl (C=O) groups excluding carboxylic acids is 1. The minimum Gasteiger partial charge on any atom is -0.347 e. The van der Waals surface area contributed by atoms with Gasteiger partial charge in [0.25, 0.3) is 5.91 Å². The largest absolute Gasteiger partial charge is 0.347 e. The van der Waals surface area contributed by atoms with Gasteiger partial charge in [0, 0.05) is 51.2 Å². The highest BCUT2D eigenvalue weighted by Crippen LogP contribution is 2.23. The number of nitrogens with zero attached hydrogens (tertiary/aromatic N) is 4. The van der Waals surface area contributed by atoms with Crippen LogP contribution in [0.2, 0.25) is 0 Å². The SMILES string of the molecule is CCCn1c(C)cnc1CC1CCN(C(=O)c2cccn2C)CC1. The topological polar surface area (TPSA) is 43.1 Å². The van der Waals surface area contributed by atoms with Crippen molar-refractivity contribution in [1.82, 2.24) is 19.0 Å². The van der Waals surface area contributed by atoms with Crippen molar-refractivity contribution in [3.8, 4) is 0 Å². The fourth-order valence-corrected chi connectivity index (χ4v) is 3.65. The summed E-state index contributed by atoms with van der Waals surface area (Å²) >= 11 is 0. The van der Waals surface area contributed by atoms with Crippen molar-refractivity contribution in [3.05, 3.63) is 41.7 Å². The van der Waals surface area contributed by atoms with Crippen LogP contribution in [0.5, 0.6) is 0 Å². The number of likely N-dealkylation sites (tertiary alicyclic amines) is 1. The molecule has 1 fully saturated rings. The molecule has 0 bridgehead atoms. The van der Waals surface area contributed by atoms with Crippen LogP contribution in [0.25, 0.3) is 0 Å². The molecule has 0 radical (unpaired) electrons. The Morgan fingerprint density at radius 2 is 2.08 bits per heavy atom. The molecular weight excluding hydrogens is 300 g/mol. The summed E-state index contributed by atoms with van der Waals surface area (Å²) in [6.45, 7) is 7.08. The van der Waals surface area contributed by atoms with E-state index in [-0.39, 0.29) is 5.91 Å². The van der Waals surface area contributed by atoms with Crippen molar-refractivity contribution >= 4 is 5.91 Å². The van der Waals surface area contributed by atoms with Gasteiger partial charge in [-0.15, -0.1) is 0 Å². The van der Waals surface area contributed by atoms with Gasteiger partial charge in [0.05, 0.1) is 0 Å². The Hall–Kier alpha value is -2.04. The lowest BCUT2D eigenvalue weighted by Crippen LogP contribution is -2.39. The summed E-state index contributed by atoms with van der Waals surface area (Å²) < 4.78 is 4.25. The number of amides is 1. The van der Waals surface area contributed by atoms with Crippen LogP contribution in [0, 0.1) is 12.8 Å². The zero-order valence-corrected chi connectivity index (χ0v) is 15.0. The summed E-state index contributed by atoms with van der Waals surface area (Å²) in [4.78, 5) is 19.2. The summed E-state index contributed by atoms with van der Waals surface area (Å²) in [5, 5.41) is 0. The van der Waals surface area contributed by atoms with Crippen molar-refractivity contribution in [2.75, 3.05) is 13.1 Å². The molecule has 0 aliphatic carbocycles. The third-order valence-corrected chi connectivity index (χ3v) is 5.12. The molecule has 2 aromatic heterocycles. The van der Waals surface area contributed by atoms with Gasteiger partial charge in [-0.25, -0.2) is 4.98 Å². The van der Waals surface area contributed by atoms with Crippen molar-refractivity contribution in [3.63, 3.8) is 0 Å². The van der Waals surface area contributed by atoms with Gasteiger partial charge in [0.1, 0.15) is 11.5 Å². The summed E-state index contributed by atoms with van der Waals surface area (Å²) in [5.41, 5.74) is 2.03. The van der Waals surface area contributed by atoms with Crippen LogP contribution < -0.4 is 0 Å². The first-order chi connectivity index (χ1) is 11.6.